The normalized spacial score (nSPS) is 12.5. The summed E-state index contributed by atoms with van der Waals surface area (Å²) in [7, 11) is 2.54. The summed E-state index contributed by atoms with van der Waals surface area (Å²) in [5.41, 5.74) is 6.01. The van der Waals surface area contributed by atoms with Gasteiger partial charge in [-0.05, 0) is 57.9 Å². The highest BCUT2D eigenvalue weighted by Crippen LogP contribution is 2.37. The minimum Gasteiger partial charge on any atom is -0.507 e. The molecule has 0 amide bonds. The fourth-order valence-electron chi connectivity index (χ4n) is 3.94. The van der Waals surface area contributed by atoms with Gasteiger partial charge in [-0.3, -0.25) is 0 Å². The summed E-state index contributed by atoms with van der Waals surface area (Å²) in [6.07, 6.45) is 0. The van der Waals surface area contributed by atoms with E-state index in [4.69, 9.17) is 0 Å². The number of phenolic OH excluding ortho intramolecular Hbond substituents is 1. The number of aryl methyl sites for hydroxylation is 1. The summed E-state index contributed by atoms with van der Waals surface area (Å²) in [5, 5.41) is 13.7. The molecular weight excluding hydrogens is 409 g/mol. The lowest BCUT2D eigenvalue weighted by molar-refractivity contribution is 0.449. The lowest BCUT2D eigenvalue weighted by Crippen LogP contribution is -2.24. The van der Waals surface area contributed by atoms with Gasteiger partial charge >= 0.3 is 0 Å². The summed E-state index contributed by atoms with van der Waals surface area (Å²) in [6.45, 7) is 16.3. The van der Waals surface area contributed by atoms with Crippen molar-refractivity contribution >= 4 is 24.9 Å². The van der Waals surface area contributed by atoms with Gasteiger partial charge in [-0.25, -0.2) is 0 Å². The smallest absolute Gasteiger partial charge is 0.127 e. The molecular formula is C29H38NOP. The highest BCUT2D eigenvalue weighted by atomic mass is 31.1. The molecule has 0 bridgehead atoms. The molecule has 0 saturated heterocycles. The van der Waals surface area contributed by atoms with Gasteiger partial charge in [0.15, 0.2) is 0 Å². The van der Waals surface area contributed by atoms with Crippen LogP contribution in [0, 0.1) is 6.92 Å². The van der Waals surface area contributed by atoms with Crippen LogP contribution in [0.2, 0.25) is 0 Å². The van der Waals surface area contributed by atoms with Crippen molar-refractivity contribution < 1.29 is 5.11 Å². The minimum atomic E-state index is -0.118. The molecule has 0 spiro atoms. The number of rotatable bonds is 5. The number of aromatic hydroxyl groups is 1. The zero-order chi connectivity index (χ0) is 23.7. The van der Waals surface area contributed by atoms with Crippen molar-refractivity contribution in [2.75, 3.05) is 11.9 Å². The molecule has 3 heteroatoms. The SMILES string of the molecule is Cc1cccc(CN(C)c2ccccc2)c1Pc1cc(C(C)(C)C)cc(C(C)(C)C)c1O. The first-order valence-electron chi connectivity index (χ1n) is 11.4. The van der Waals surface area contributed by atoms with Gasteiger partial charge in [0.2, 0.25) is 0 Å². The molecule has 1 N–H and O–H groups in total. The quantitative estimate of drug-likeness (QED) is 0.448. The number of benzene rings is 3. The topological polar surface area (TPSA) is 23.5 Å². The lowest BCUT2D eigenvalue weighted by atomic mass is 9.80. The van der Waals surface area contributed by atoms with E-state index >= 15 is 0 Å². The highest BCUT2D eigenvalue weighted by Gasteiger charge is 2.25. The second-order valence-electron chi connectivity index (χ2n) is 10.8. The fraction of sp³-hybridized carbons (Fsp3) is 0.379. The van der Waals surface area contributed by atoms with Gasteiger partial charge in [0.1, 0.15) is 5.75 Å². The van der Waals surface area contributed by atoms with Gasteiger partial charge in [-0.2, -0.15) is 0 Å². The molecule has 1 unspecified atom stereocenters. The summed E-state index contributed by atoms with van der Waals surface area (Å²) in [4.78, 5) is 2.29. The Balaban J connectivity index is 2.05. The second kappa shape index (κ2) is 9.28. The Bertz CT molecular complexity index is 1070. The number of nitrogens with zero attached hydrogens (tertiary/aromatic N) is 1. The van der Waals surface area contributed by atoms with E-state index < -0.39 is 0 Å². The molecule has 0 fully saturated rings. The van der Waals surface area contributed by atoms with E-state index in [2.05, 4.69) is 121 Å². The number of anilines is 1. The lowest BCUT2D eigenvalue weighted by Gasteiger charge is -2.28. The number of phenols is 1. The Morgan fingerprint density at radius 2 is 1.50 bits per heavy atom. The first kappa shape index (κ1) is 24.3. The van der Waals surface area contributed by atoms with Crippen LogP contribution >= 0.6 is 8.58 Å². The maximum Gasteiger partial charge on any atom is 0.127 e. The van der Waals surface area contributed by atoms with Crippen LogP contribution in [0.4, 0.5) is 5.69 Å². The van der Waals surface area contributed by atoms with E-state index in [-0.39, 0.29) is 10.8 Å². The second-order valence-corrected chi connectivity index (χ2v) is 12.1. The van der Waals surface area contributed by atoms with Crippen molar-refractivity contribution in [2.24, 2.45) is 0 Å². The van der Waals surface area contributed by atoms with Gasteiger partial charge in [0.05, 0.1) is 0 Å². The van der Waals surface area contributed by atoms with Crippen molar-refractivity contribution in [1.82, 2.24) is 0 Å². The highest BCUT2D eigenvalue weighted by molar-refractivity contribution is 7.56. The summed E-state index contributed by atoms with van der Waals surface area (Å²) in [5.74, 6) is 0.453. The summed E-state index contributed by atoms with van der Waals surface area (Å²) in [6, 6.07) is 21.5. The molecule has 32 heavy (non-hydrogen) atoms. The third-order valence-electron chi connectivity index (χ3n) is 6.01. The van der Waals surface area contributed by atoms with Crippen LogP contribution in [0.3, 0.4) is 0 Å². The zero-order valence-corrected chi connectivity index (χ0v) is 21.9. The van der Waals surface area contributed by atoms with Crippen LogP contribution in [-0.2, 0) is 17.4 Å². The van der Waals surface area contributed by atoms with Crippen LogP contribution in [0.1, 0.15) is 63.8 Å². The Kier molecular flexibility index (Phi) is 7.06. The van der Waals surface area contributed by atoms with Crippen LogP contribution < -0.4 is 15.5 Å². The molecule has 0 aliphatic carbocycles. The van der Waals surface area contributed by atoms with Crippen LogP contribution in [0.25, 0.3) is 0 Å². The molecule has 3 rings (SSSR count). The van der Waals surface area contributed by atoms with Crippen LogP contribution in [0.15, 0.2) is 60.7 Å². The van der Waals surface area contributed by atoms with Crippen LogP contribution in [0.5, 0.6) is 5.75 Å². The molecule has 0 aliphatic heterocycles. The van der Waals surface area contributed by atoms with Crippen molar-refractivity contribution in [3.05, 3.63) is 82.9 Å². The first-order chi connectivity index (χ1) is 14.9. The van der Waals surface area contributed by atoms with Gasteiger partial charge in [-0.1, -0.05) is 92.6 Å². The minimum absolute atomic E-state index is 0.0228. The third-order valence-corrected chi connectivity index (χ3v) is 7.62. The van der Waals surface area contributed by atoms with Gasteiger partial charge in [0.25, 0.3) is 0 Å². The number of hydrogen-bond acceptors (Lipinski definition) is 2. The molecule has 0 radical (unpaired) electrons. The predicted octanol–water partition coefficient (Wildman–Crippen LogP) is 6.56. The largest absolute Gasteiger partial charge is 0.507 e. The van der Waals surface area contributed by atoms with E-state index in [1.54, 1.807) is 0 Å². The van der Waals surface area contributed by atoms with E-state index in [1.807, 2.05) is 0 Å². The molecule has 2 nitrogen and oxygen atoms in total. The Morgan fingerprint density at radius 1 is 0.844 bits per heavy atom. The van der Waals surface area contributed by atoms with Crippen molar-refractivity contribution in [3.63, 3.8) is 0 Å². The molecule has 0 heterocycles. The predicted molar refractivity (Wildman–Crippen MR) is 143 cm³/mol. The van der Waals surface area contributed by atoms with E-state index in [9.17, 15) is 5.11 Å². The van der Waals surface area contributed by atoms with Gasteiger partial charge in [-0.15, -0.1) is 0 Å². The Morgan fingerprint density at radius 3 is 2.09 bits per heavy atom. The fourth-order valence-corrected chi connectivity index (χ4v) is 5.29. The van der Waals surface area contributed by atoms with E-state index in [0.29, 0.717) is 14.3 Å². The molecule has 0 saturated carbocycles. The van der Waals surface area contributed by atoms with Gasteiger partial charge in [0, 0.05) is 30.1 Å². The average molecular weight is 448 g/mol. The van der Waals surface area contributed by atoms with Crippen molar-refractivity contribution in [3.8, 4) is 5.75 Å². The zero-order valence-electron chi connectivity index (χ0n) is 20.9. The maximum absolute atomic E-state index is 11.3. The van der Waals surface area contributed by atoms with Crippen LogP contribution in [-0.4, -0.2) is 12.2 Å². The summed E-state index contributed by atoms with van der Waals surface area (Å²) >= 11 is 0. The average Bonchev–Trinajstić information content (AvgIpc) is 2.70. The van der Waals surface area contributed by atoms with E-state index in [1.165, 1.54) is 27.7 Å². The van der Waals surface area contributed by atoms with Gasteiger partial charge < -0.3 is 10.0 Å². The van der Waals surface area contributed by atoms with E-state index in [0.717, 1.165) is 17.4 Å². The molecule has 3 aromatic carbocycles. The Hall–Kier alpha value is -2.31. The maximum atomic E-state index is 11.3. The molecule has 170 valence electrons. The summed E-state index contributed by atoms with van der Waals surface area (Å²) < 4.78 is 0. The number of para-hydroxylation sites is 1. The molecule has 0 aromatic heterocycles. The monoisotopic (exact) mass is 447 g/mol. The standard InChI is InChI=1S/C29H38NOP/c1-20-13-12-14-21(19-30(8)23-15-10-9-11-16-23)27(20)32-25-18-22(28(2,3)4)17-24(26(25)31)29(5,6)7/h9-18,31-32H,19H2,1-8H3. The number of hydrogen-bond donors (Lipinski definition) is 1. The molecule has 0 aliphatic rings. The molecule has 1 atom stereocenters. The Labute approximate surface area is 196 Å². The molecule has 3 aromatic rings. The van der Waals surface area contributed by atoms with Crippen molar-refractivity contribution in [2.45, 2.75) is 65.8 Å². The van der Waals surface area contributed by atoms with Crippen molar-refractivity contribution in [1.29, 1.82) is 0 Å². The third kappa shape index (κ3) is 5.54. The first-order valence-corrected chi connectivity index (χ1v) is 12.4.